The second kappa shape index (κ2) is 8.42. The number of carbonyl (C=O) groups is 1. The molecule has 2 aromatic heterocycles. The molecule has 4 aromatic rings. The molecule has 0 fully saturated rings. The average molecular weight is 401 g/mol. The highest BCUT2D eigenvalue weighted by atomic mass is 16.2. The zero-order valence-electron chi connectivity index (χ0n) is 16.8. The zero-order chi connectivity index (χ0) is 21.1. The number of carbonyl (C=O) groups excluding carboxylic acids is 1. The van der Waals surface area contributed by atoms with Gasteiger partial charge in [0.05, 0.1) is 5.52 Å². The first-order chi connectivity index (χ1) is 14.6. The van der Waals surface area contributed by atoms with Crippen LogP contribution in [0.5, 0.6) is 0 Å². The van der Waals surface area contributed by atoms with Gasteiger partial charge in [0.1, 0.15) is 5.69 Å². The molecule has 0 spiro atoms. The summed E-state index contributed by atoms with van der Waals surface area (Å²) >= 11 is 0. The Hall–Kier alpha value is -3.58. The molecule has 0 aliphatic heterocycles. The molecule has 3 N–H and O–H groups in total. The molecule has 0 bridgehead atoms. The molecule has 2 aromatic carbocycles. The van der Waals surface area contributed by atoms with Crippen LogP contribution < -0.4 is 11.3 Å². The molecule has 0 atom stereocenters. The van der Waals surface area contributed by atoms with E-state index in [2.05, 4.69) is 15.2 Å². The van der Waals surface area contributed by atoms with Crippen LogP contribution in [0.3, 0.4) is 0 Å². The maximum atomic E-state index is 12.9. The van der Waals surface area contributed by atoms with Gasteiger partial charge < -0.3 is 10.7 Å². The van der Waals surface area contributed by atoms with E-state index in [-0.39, 0.29) is 30.0 Å². The lowest BCUT2D eigenvalue weighted by molar-refractivity contribution is 0.0907. The summed E-state index contributed by atoms with van der Waals surface area (Å²) in [7, 11) is 0. The Balaban J connectivity index is 1.52. The molecular formula is C23H23N5O2. The van der Waals surface area contributed by atoms with Gasteiger partial charge in [-0.1, -0.05) is 48.0 Å². The highest BCUT2D eigenvalue weighted by molar-refractivity contribution is 5.94. The fourth-order valence-corrected chi connectivity index (χ4v) is 3.52. The minimum absolute atomic E-state index is 0.0988. The molecule has 4 rings (SSSR count). The van der Waals surface area contributed by atoms with E-state index in [0.29, 0.717) is 18.8 Å². The van der Waals surface area contributed by atoms with Gasteiger partial charge in [0.2, 0.25) is 5.91 Å². The molecule has 0 unspecified atom stereocenters. The van der Waals surface area contributed by atoms with Crippen molar-refractivity contribution in [3.8, 4) is 11.4 Å². The lowest BCUT2D eigenvalue weighted by Gasteiger charge is -2.05. The van der Waals surface area contributed by atoms with Gasteiger partial charge in [-0.2, -0.15) is 0 Å². The number of para-hydroxylation sites is 1. The first-order valence-electron chi connectivity index (χ1n) is 9.92. The SMILES string of the molecule is Cc1ccc(-c2nnc(CCC(=O)n3cc(CCN)c4ccccc43)c(=O)[nH]2)cc1. The zero-order valence-corrected chi connectivity index (χ0v) is 16.8. The number of nitrogens with one attached hydrogen (secondary N) is 1. The van der Waals surface area contributed by atoms with E-state index in [0.717, 1.165) is 27.6 Å². The number of aromatic nitrogens is 4. The Labute approximate surface area is 173 Å². The number of nitrogens with two attached hydrogens (primary N) is 1. The normalized spacial score (nSPS) is 11.1. The van der Waals surface area contributed by atoms with Crippen molar-refractivity contribution in [2.75, 3.05) is 6.54 Å². The predicted octanol–water partition coefficient (Wildman–Crippen LogP) is 2.87. The number of benzene rings is 2. The second-order valence-electron chi connectivity index (χ2n) is 7.29. The van der Waals surface area contributed by atoms with Crippen LogP contribution in [0.25, 0.3) is 22.3 Å². The molecule has 7 nitrogen and oxygen atoms in total. The van der Waals surface area contributed by atoms with Gasteiger partial charge in [-0.05, 0) is 31.5 Å². The van der Waals surface area contributed by atoms with E-state index in [1.165, 1.54) is 0 Å². The largest absolute Gasteiger partial charge is 0.330 e. The summed E-state index contributed by atoms with van der Waals surface area (Å²) in [6.07, 6.45) is 2.92. The first-order valence-corrected chi connectivity index (χ1v) is 9.92. The van der Waals surface area contributed by atoms with Gasteiger partial charge in [0, 0.05) is 30.0 Å². The van der Waals surface area contributed by atoms with Crippen LogP contribution in [0.15, 0.2) is 59.5 Å². The number of H-pyrrole nitrogens is 1. The Bertz CT molecular complexity index is 1250. The van der Waals surface area contributed by atoms with Crippen LogP contribution in [0.1, 0.15) is 28.0 Å². The smallest absolute Gasteiger partial charge is 0.273 e. The third kappa shape index (κ3) is 3.92. The molecular weight excluding hydrogens is 378 g/mol. The Morgan fingerprint density at radius 2 is 1.83 bits per heavy atom. The predicted molar refractivity (Wildman–Crippen MR) is 116 cm³/mol. The van der Waals surface area contributed by atoms with Gasteiger partial charge in [-0.25, -0.2) is 0 Å². The molecule has 2 heterocycles. The maximum Gasteiger partial charge on any atom is 0.273 e. The fourth-order valence-electron chi connectivity index (χ4n) is 3.52. The lowest BCUT2D eigenvalue weighted by atomic mass is 10.1. The monoisotopic (exact) mass is 401 g/mol. The van der Waals surface area contributed by atoms with Crippen LogP contribution in [0, 0.1) is 6.92 Å². The average Bonchev–Trinajstić information content (AvgIpc) is 3.12. The summed E-state index contributed by atoms with van der Waals surface area (Å²) < 4.78 is 1.64. The molecule has 0 amide bonds. The number of hydrogen-bond acceptors (Lipinski definition) is 5. The van der Waals surface area contributed by atoms with Crippen molar-refractivity contribution in [3.63, 3.8) is 0 Å². The minimum atomic E-state index is -0.324. The number of nitrogens with zero attached hydrogens (tertiary/aromatic N) is 3. The van der Waals surface area contributed by atoms with Crippen molar-refractivity contribution in [2.24, 2.45) is 5.73 Å². The van der Waals surface area contributed by atoms with Crippen LogP contribution in [0.2, 0.25) is 0 Å². The summed E-state index contributed by atoms with van der Waals surface area (Å²) in [6.45, 7) is 2.51. The topological polar surface area (TPSA) is 107 Å². The van der Waals surface area contributed by atoms with Crippen LogP contribution in [-0.2, 0) is 12.8 Å². The Morgan fingerprint density at radius 3 is 2.57 bits per heavy atom. The third-order valence-corrected chi connectivity index (χ3v) is 5.14. The van der Waals surface area contributed by atoms with Crippen LogP contribution >= 0.6 is 0 Å². The molecule has 7 heteroatoms. The third-order valence-electron chi connectivity index (χ3n) is 5.14. The van der Waals surface area contributed by atoms with Crippen molar-refractivity contribution in [2.45, 2.75) is 26.2 Å². The first kappa shape index (κ1) is 19.7. The summed E-state index contributed by atoms with van der Waals surface area (Å²) in [4.78, 5) is 28.1. The van der Waals surface area contributed by atoms with Gasteiger partial charge >= 0.3 is 0 Å². The lowest BCUT2D eigenvalue weighted by Crippen LogP contribution is -2.20. The van der Waals surface area contributed by atoms with Crippen molar-refractivity contribution >= 4 is 16.8 Å². The molecule has 0 aliphatic carbocycles. The minimum Gasteiger partial charge on any atom is -0.330 e. The number of fused-ring (bicyclic) bond motifs is 1. The summed E-state index contributed by atoms with van der Waals surface area (Å²) in [5, 5.41) is 9.22. The van der Waals surface area contributed by atoms with Gasteiger partial charge in [-0.15, -0.1) is 10.2 Å². The van der Waals surface area contributed by atoms with Crippen molar-refractivity contribution in [1.29, 1.82) is 0 Å². The molecule has 0 radical (unpaired) electrons. The van der Waals surface area contributed by atoms with Gasteiger partial charge in [0.25, 0.3) is 5.56 Å². The maximum absolute atomic E-state index is 12.9. The van der Waals surface area contributed by atoms with Gasteiger partial charge in [-0.3, -0.25) is 14.2 Å². The summed E-state index contributed by atoms with van der Waals surface area (Å²) in [5.74, 6) is 0.316. The summed E-state index contributed by atoms with van der Waals surface area (Å²) in [5.41, 5.74) is 9.43. The Morgan fingerprint density at radius 1 is 1.07 bits per heavy atom. The highest BCUT2D eigenvalue weighted by Gasteiger charge is 2.15. The van der Waals surface area contributed by atoms with E-state index in [9.17, 15) is 9.59 Å². The molecule has 0 saturated heterocycles. The highest BCUT2D eigenvalue weighted by Crippen LogP contribution is 2.22. The molecule has 152 valence electrons. The van der Waals surface area contributed by atoms with E-state index in [1.54, 1.807) is 4.57 Å². The standard InChI is InChI=1S/C23H23N5O2/c1-15-6-8-16(9-7-15)22-25-23(30)19(26-27-22)10-11-21(29)28-14-17(12-13-24)18-4-2-3-5-20(18)28/h2-9,14H,10-13,24H2,1H3,(H,25,27,30). The quantitative estimate of drug-likeness (QED) is 0.517. The summed E-state index contributed by atoms with van der Waals surface area (Å²) in [6, 6.07) is 15.4. The molecule has 0 saturated carbocycles. The molecule has 30 heavy (non-hydrogen) atoms. The second-order valence-corrected chi connectivity index (χ2v) is 7.29. The number of hydrogen-bond donors (Lipinski definition) is 2. The van der Waals surface area contributed by atoms with E-state index in [4.69, 9.17) is 5.73 Å². The van der Waals surface area contributed by atoms with E-state index < -0.39 is 0 Å². The van der Waals surface area contributed by atoms with E-state index >= 15 is 0 Å². The van der Waals surface area contributed by atoms with E-state index in [1.807, 2.05) is 61.7 Å². The van der Waals surface area contributed by atoms with Crippen molar-refractivity contribution < 1.29 is 4.79 Å². The van der Waals surface area contributed by atoms with Crippen LogP contribution in [0.4, 0.5) is 0 Å². The number of rotatable bonds is 6. The fraction of sp³-hybridized carbons (Fsp3) is 0.217. The van der Waals surface area contributed by atoms with Gasteiger partial charge in [0.15, 0.2) is 5.82 Å². The Kier molecular flexibility index (Phi) is 5.54. The van der Waals surface area contributed by atoms with Crippen molar-refractivity contribution in [3.05, 3.63) is 81.9 Å². The number of aryl methyl sites for hydroxylation is 2. The van der Waals surface area contributed by atoms with Crippen LogP contribution in [-0.4, -0.2) is 32.2 Å². The molecule has 0 aliphatic rings. The van der Waals surface area contributed by atoms with Crippen molar-refractivity contribution in [1.82, 2.24) is 19.7 Å². The number of aromatic amines is 1.